The lowest BCUT2D eigenvalue weighted by Gasteiger charge is -2.26. The van der Waals surface area contributed by atoms with Crippen molar-refractivity contribution in [3.8, 4) is 11.5 Å². The smallest absolute Gasteiger partial charge is 0.253 e. The SMILES string of the molecule is COc1cc(C(=O)NCc2ccccn2)c(N(Cc2ccccc2)S(C)(=O)=O)cc1OC. The number of hydrogen-bond donors (Lipinski definition) is 1. The fraction of sp³-hybridized carbons (Fsp3) is 0.217. The van der Waals surface area contributed by atoms with Crippen molar-refractivity contribution in [2.24, 2.45) is 0 Å². The zero-order chi connectivity index (χ0) is 23.1. The molecule has 0 bridgehead atoms. The molecule has 0 fully saturated rings. The van der Waals surface area contributed by atoms with Crippen LogP contribution in [-0.2, 0) is 23.1 Å². The Hall–Kier alpha value is -3.59. The second kappa shape index (κ2) is 10.1. The van der Waals surface area contributed by atoms with Crippen molar-refractivity contribution >= 4 is 21.6 Å². The van der Waals surface area contributed by atoms with Gasteiger partial charge in [-0.25, -0.2) is 8.42 Å². The maximum atomic E-state index is 13.1. The van der Waals surface area contributed by atoms with Gasteiger partial charge in [0, 0.05) is 12.3 Å². The fourth-order valence-electron chi connectivity index (χ4n) is 3.16. The summed E-state index contributed by atoms with van der Waals surface area (Å²) in [6, 6.07) is 17.5. The highest BCUT2D eigenvalue weighted by molar-refractivity contribution is 7.92. The fourth-order valence-corrected chi connectivity index (χ4v) is 4.05. The Balaban J connectivity index is 2.05. The van der Waals surface area contributed by atoms with E-state index >= 15 is 0 Å². The minimum absolute atomic E-state index is 0.0513. The van der Waals surface area contributed by atoms with Gasteiger partial charge in [0.2, 0.25) is 10.0 Å². The Bertz CT molecular complexity index is 1170. The molecule has 3 aromatic rings. The molecule has 9 heteroatoms. The Labute approximate surface area is 187 Å². The van der Waals surface area contributed by atoms with Gasteiger partial charge in [-0.1, -0.05) is 36.4 Å². The molecular weight excluding hydrogens is 430 g/mol. The Kier molecular flexibility index (Phi) is 7.32. The van der Waals surface area contributed by atoms with Crippen LogP contribution in [0, 0.1) is 0 Å². The van der Waals surface area contributed by atoms with E-state index in [-0.39, 0.29) is 24.3 Å². The Morgan fingerprint density at radius 1 is 1.00 bits per heavy atom. The number of rotatable bonds is 9. The number of benzene rings is 2. The molecule has 0 saturated carbocycles. The largest absolute Gasteiger partial charge is 0.493 e. The Morgan fingerprint density at radius 3 is 2.25 bits per heavy atom. The number of nitrogens with one attached hydrogen (secondary N) is 1. The van der Waals surface area contributed by atoms with Gasteiger partial charge < -0.3 is 14.8 Å². The van der Waals surface area contributed by atoms with E-state index in [4.69, 9.17) is 9.47 Å². The molecule has 0 radical (unpaired) electrons. The quantitative estimate of drug-likeness (QED) is 0.533. The van der Waals surface area contributed by atoms with Crippen LogP contribution in [0.2, 0.25) is 0 Å². The van der Waals surface area contributed by atoms with Gasteiger partial charge in [0.1, 0.15) is 0 Å². The zero-order valence-corrected chi connectivity index (χ0v) is 18.9. The molecule has 32 heavy (non-hydrogen) atoms. The normalized spacial score (nSPS) is 11.0. The highest BCUT2D eigenvalue weighted by Crippen LogP contribution is 2.37. The summed E-state index contributed by atoms with van der Waals surface area (Å²) in [6.45, 7) is 0.237. The topological polar surface area (TPSA) is 97.8 Å². The van der Waals surface area contributed by atoms with Gasteiger partial charge in [0.25, 0.3) is 5.91 Å². The van der Waals surface area contributed by atoms with Gasteiger partial charge in [0.05, 0.1) is 50.5 Å². The third-order valence-corrected chi connectivity index (χ3v) is 5.87. The first-order valence-electron chi connectivity index (χ1n) is 9.79. The zero-order valence-electron chi connectivity index (χ0n) is 18.1. The average Bonchev–Trinajstić information content (AvgIpc) is 2.80. The van der Waals surface area contributed by atoms with E-state index in [1.807, 2.05) is 36.4 Å². The average molecular weight is 456 g/mol. The van der Waals surface area contributed by atoms with Crippen molar-refractivity contribution in [3.63, 3.8) is 0 Å². The molecule has 3 rings (SSSR count). The number of hydrogen-bond acceptors (Lipinski definition) is 6. The number of anilines is 1. The van der Waals surface area contributed by atoms with Gasteiger partial charge in [0.15, 0.2) is 11.5 Å². The van der Waals surface area contributed by atoms with Crippen molar-refractivity contribution in [3.05, 3.63) is 83.7 Å². The second-order valence-corrected chi connectivity index (χ2v) is 8.89. The van der Waals surface area contributed by atoms with Crippen LogP contribution in [-0.4, -0.2) is 39.8 Å². The van der Waals surface area contributed by atoms with E-state index in [2.05, 4.69) is 10.3 Å². The Morgan fingerprint density at radius 2 is 1.66 bits per heavy atom. The third-order valence-electron chi connectivity index (χ3n) is 4.74. The molecule has 0 saturated heterocycles. The molecule has 1 amide bonds. The molecule has 1 N–H and O–H groups in total. The number of aromatic nitrogens is 1. The monoisotopic (exact) mass is 455 g/mol. The van der Waals surface area contributed by atoms with Crippen LogP contribution in [0.3, 0.4) is 0 Å². The van der Waals surface area contributed by atoms with E-state index in [1.54, 1.807) is 18.3 Å². The second-order valence-electron chi connectivity index (χ2n) is 6.98. The van der Waals surface area contributed by atoms with E-state index in [0.29, 0.717) is 17.2 Å². The van der Waals surface area contributed by atoms with Crippen molar-refractivity contribution in [1.29, 1.82) is 0 Å². The first-order chi connectivity index (χ1) is 15.3. The van der Waals surface area contributed by atoms with Crippen LogP contribution in [0.5, 0.6) is 11.5 Å². The number of sulfonamides is 1. The van der Waals surface area contributed by atoms with Gasteiger partial charge in [-0.15, -0.1) is 0 Å². The number of pyridine rings is 1. The maximum absolute atomic E-state index is 13.1. The summed E-state index contributed by atoms with van der Waals surface area (Å²) in [4.78, 5) is 17.3. The van der Waals surface area contributed by atoms with Crippen LogP contribution < -0.4 is 19.1 Å². The van der Waals surface area contributed by atoms with Crippen molar-refractivity contribution < 1.29 is 22.7 Å². The first-order valence-corrected chi connectivity index (χ1v) is 11.6. The van der Waals surface area contributed by atoms with Crippen molar-refractivity contribution in [2.75, 3.05) is 24.8 Å². The van der Waals surface area contributed by atoms with E-state index < -0.39 is 15.9 Å². The molecule has 1 aromatic heterocycles. The van der Waals surface area contributed by atoms with E-state index in [0.717, 1.165) is 11.8 Å². The molecule has 0 unspecified atom stereocenters. The molecule has 0 aliphatic carbocycles. The number of methoxy groups -OCH3 is 2. The number of carbonyl (C=O) groups is 1. The van der Waals surface area contributed by atoms with Crippen LogP contribution >= 0.6 is 0 Å². The molecular formula is C23H25N3O5S. The van der Waals surface area contributed by atoms with E-state index in [1.165, 1.54) is 30.7 Å². The molecule has 168 valence electrons. The number of nitrogens with zero attached hydrogens (tertiary/aromatic N) is 2. The molecule has 0 aliphatic heterocycles. The highest BCUT2D eigenvalue weighted by atomic mass is 32.2. The minimum atomic E-state index is -3.74. The molecule has 0 spiro atoms. The van der Waals surface area contributed by atoms with Gasteiger partial charge >= 0.3 is 0 Å². The standard InChI is InChI=1S/C23H25N3O5S/c1-30-21-13-19(23(27)25-15-18-11-7-8-12-24-18)20(14-22(21)31-2)26(32(3,28)29)16-17-9-5-4-6-10-17/h4-14H,15-16H2,1-3H3,(H,25,27). The van der Waals surface area contributed by atoms with Gasteiger partial charge in [-0.05, 0) is 23.8 Å². The summed E-state index contributed by atoms with van der Waals surface area (Å²) < 4.78 is 37.4. The van der Waals surface area contributed by atoms with Crippen LogP contribution in [0.4, 0.5) is 5.69 Å². The molecule has 8 nitrogen and oxygen atoms in total. The van der Waals surface area contributed by atoms with Crippen LogP contribution in [0.25, 0.3) is 0 Å². The number of carbonyl (C=O) groups excluding carboxylic acids is 1. The van der Waals surface area contributed by atoms with E-state index in [9.17, 15) is 13.2 Å². The minimum Gasteiger partial charge on any atom is -0.493 e. The van der Waals surface area contributed by atoms with Crippen LogP contribution in [0.15, 0.2) is 66.9 Å². The molecule has 1 heterocycles. The lowest BCUT2D eigenvalue weighted by Crippen LogP contribution is -2.33. The predicted molar refractivity (Wildman–Crippen MR) is 122 cm³/mol. The maximum Gasteiger partial charge on any atom is 0.253 e. The number of ether oxygens (including phenoxy) is 2. The van der Waals surface area contributed by atoms with Crippen molar-refractivity contribution in [1.82, 2.24) is 10.3 Å². The number of amides is 1. The first kappa shape index (κ1) is 23.1. The highest BCUT2D eigenvalue weighted by Gasteiger charge is 2.26. The summed E-state index contributed by atoms with van der Waals surface area (Å²) in [5.41, 5.74) is 1.77. The summed E-state index contributed by atoms with van der Waals surface area (Å²) in [7, 11) is -0.841. The lowest BCUT2D eigenvalue weighted by atomic mass is 10.1. The molecule has 2 aromatic carbocycles. The van der Waals surface area contributed by atoms with Gasteiger partial charge in [-0.2, -0.15) is 0 Å². The predicted octanol–water partition coefficient (Wildman–Crippen LogP) is 3.00. The summed E-state index contributed by atoms with van der Waals surface area (Å²) >= 11 is 0. The van der Waals surface area contributed by atoms with Crippen molar-refractivity contribution in [2.45, 2.75) is 13.1 Å². The molecule has 0 aliphatic rings. The van der Waals surface area contributed by atoms with Crippen LogP contribution in [0.1, 0.15) is 21.6 Å². The summed E-state index contributed by atoms with van der Waals surface area (Å²) in [5.74, 6) is 0.159. The van der Waals surface area contributed by atoms with Gasteiger partial charge in [-0.3, -0.25) is 14.1 Å². The lowest BCUT2D eigenvalue weighted by molar-refractivity contribution is 0.0950. The third kappa shape index (κ3) is 5.55. The summed E-state index contributed by atoms with van der Waals surface area (Å²) in [6.07, 6.45) is 2.73. The summed E-state index contributed by atoms with van der Waals surface area (Å²) in [5, 5.41) is 2.80. The molecule has 0 atom stereocenters.